The van der Waals surface area contributed by atoms with Crippen molar-refractivity contribution >= 4 is 40.5 Å². The average molecular weight is 456 g/mol. The van der Waals surface area contributed by atoms with E-state index in [4.69, 9.17) is 10.7 Å². The molecule has 1 unspecified atom stereocenters. The molecule has 5 heterocycles. The van der Waals surface area contributed by atoms with Gasteiger partial charge in [-0.1, -0.05) is 11.8 Å². The predicted octanol–water partition coefficient (Wildman–Crippen LogP) is 0.0448. The number of nitrogens with one attached hydrogen (secondary N) is 2. The number of hydrazine groups is 1. The molecule has 0 spiro atoms. The van der Waals surface area contributed by atoms with Crippen molar-refractivity contribution in [3.8, 4) is 0 Å². The largest absolute Gasteiger partial charge is 0.477 e. The number of amides is 1. The standard InChI is InChI=1S/C20H21N7O4S/c1-10-4-14(25-7-12(8-25)27-6-11(5-23-27)17(21)29)24-18-15(10)16(28)13(19(30)31)9-26(18)20-22-2-3-32-20/h2-4,6,9,12,20,22-23H,5,7-8H2,1H3,(H2,21,29)(H,30,31). The van der Waals surface area contributed by atoms with E-state index in [0.29, 0.717) is 47.6 Å². The SMILES string of the molecule is Cc1cc(N2CC(N3C=C(C(N)=O)CN3)C2)nc2c1c(=O)c(C(=O)O)cn2C1NC=CS1. The summed E-state index contributed by atoms with van der Waals surface area (Å²) in [5.74, 6) is -0.997. The first kappa shape index (κ1) is 20.4. The molecule has 32 heavy (non-hydrogen) atoms. The first-order chi connectivity index (χ1) is 15.3. The van der Waals surface area contributed by atoms with E-state index in [9.17, 15) is 19.5 Å². The summed E-state index contributed by atoms with van der Waals surface area (Å²) in [5.41, 5.74) is 9.01. The quantitative estimate of drug-likeness (QED) is 0.488. The fourth-order valence-electron chi connectivity index (χ4n) is 4.05. The number of aryl methyl sites for hydroxylation is 1. The zero-order chi connectivity index (χ0) is 22.6. The highest BCUT2D eigenvalue weighted by atomic mass is 32.2. The lowest BCUT2D eigenvalue weighted by Crippen LogP contribution is -2.60. The van der Waals surface area contributed by atoms with Crippen LogP contribution in [0.3, 0.4) is 0 Å². The monoisotopic (exact) mass is 455 g/mol. The van der Waals surface area contributed by atoms with E-state index < -0.39 is 17.3 Å². The van der Waals surface area contributed by atoms with Gasteiger partial charge in [0.05, 0.1) is 11.4 Å². The van der Waals surface area contributed by atoms with E-state index >= 15 is 0 Å². The van der Waals surface area contributed by atoms with Crippen LogP contribution in [0.25, 0.3) is 11.0 Å². The minimum Gasteiger partial charge on any atom is -0.477 e. The Hall–Kier alpha value is -3.51. The third-order valence-electron chi connectivity index (χ3n) is 5.81. The topological polar surface area (TPSA) is 146 Å². The fraction of sp³-hybridized carbons (Fsp3) is 0.300. The summed E-state index contributed by atoms with van der Waals surface area (Å²) in [7, 11) is 0. The summed E-state index contributed by atoms with van der Waals surface area (Å²) < 4.78 is 1.70. The maximum absolute atomic E-state index is 12.9. The third kappa shape index (κ3) is 3.28. The Morgan fingerprint density at radius 2 is 2.12 bits per heavy atom. The van der Waals surface area contributed by atoms with Gasteiger partial charge in [-0.25, -0.2) is 15.2 Å². The van der Waals surface area contributed by atoms with Gasteiger partial charge in [0.25, 0.3) is 0 Å². The number of carboxylic acids is 1. The molecule has 0 aromatic carbocycles. The number of hydrogen-bond acceptors (Lipinski definition) is 9. The molecule has 0 bridgehead atoms. The van der Waals surface area contributed by atoms with Gasteiger partial charge < -0.3 is 30.6 Å². The zero-order valence-electron chi connectivity index (χ0n) is 17.1. The molecule has 166 valence electrons. The van der Waals surface area contributed by atoms with E-state index in [1.54, 1.807) is 23.9 Å². The lowest BCUT2D eigenvalue weighted by Gasteiger charge is -2.44. The highest BCUT2D eigenvalue weighted by Gasteiger charge is 2.35. The van der Waals surface area contributed by atoms with Crippen LogP contribution in [0.15, 0.2) is 40.4 Å². The smallest absolute Gasteiger partial charge is 0.341 e. The minimum absolute atomic E-state index is 0.150. The maximum atomic E-state index is 12.9. The van der Waals surface area contributed by atoms with E-state index in [-0.39, 0.29) is 17.1 Å². The molecule has 0 radical (unpaired) electrons. The summed E-state index contributed by atoms with van der Waals surface area (Å²) >= 11 is 1.46. The second-order valence-corrected chi connectivity index (χ2v) is 8.85. The second kappa shape index (κ2) is 7.57. The first-order valence-electron chi connectivity index (χ1n) is 9.97. The first-order valence-corrected chi connectivity index (χ1v) is 10.9. The van der Waals surface area contributed by atoms with Crippen LogP contribution < -0.4 is 26.8 Å². The molecular weight excluding hydrogens is 434 g/mol. The highest BCUT2D eigenvalue weighted by molar-refractivity contribution is 8.02. The number of carbonyl (C=O) groups excluding carboxylic acids is 1. The number of primary amides is 1. The van der Waals surface area contributed by atoms with Crippen LogP contribution in [0, 0.1) is 6.92 Å². The number of hydrogen-bond donors (Lipinski definition) is 4. The van der Waals surface area contributed by atoms with Crippen molar-refractivity contribution in [1.29, 1.82) is 0 Å². The van der Waals surface area contributed by atoms with Crippen molar-refractivity contribution in [3.63, 3.8) is 0 Å². The van der Waals surface area contributed by atoms with Gasteiger partial charge in [-0.3, -0.25) is 9.59 Å². The number of carboxylic acid groups (broad SMARTS) is 1. The Bertz CT molecular complexity index is 1260. The highest BCUT2D eigenvalue weighted by Crippen LogP contribution is 2.31. The van der Waals surface area contributed by atoms with Crippen molar-refractivity contribution in [3.05, 3.63) is 57.0 Å². The summed E-state index contributed by atoms with van der Waals surface area (Å²) in [5, 5.41) is 16.7. The molecule has 3 aliphatic rings. The van der Waals surface area contributed by atoms with Crippen LogP contribution in [0.5, 0.6) is 0 Å². The molecule has 2 aromatic heterocycles. The molecule has 0 aliphatic carbocycles. The number of aromatic carboxylic acids is 1. The van der Waals surface area contributed by atoms with Gasteiger partial charge in [-0.2, -0.15) is 0 Å². The number of nitrogens with two attached hydrogens (primary N) is 1. The van der Waals surface area contributed by atoms with Crippen molar-refractivity contribution in [1.82, 2.24) is 25.3 Å². The number of rotatable bonds is 5. The van der Waals surface area contributed by atoms with Crippen molar-refractivity contribution in [2.45, 2.75) is 18.5 Å². The van der Waals surface area contributed by atoms with Crippen molar-refractivity contribution in [2.75, 3.05) is 24.5 Å². The number of pyridine rings is 2. The molecule has 12 heteroatoms. The third-order valence-corrected chi connectivity index (χ3v) is 6.72. The van der Waals surface area contributed by atoms with Gasteiger partial charge in [0.1, 0.15) is 17.0 Å². The zero-order valence-corrected chi connectivity index (χ0v) is 17.9. The molecule has 11 nitrogen and oxygen atoms in total. The molecule has 5 N–H and O–H groups in total. The lowest BCUT2D eigenvalue weighted by atomic mass is 10.1. The van der Waals surface area contributed by atoms with Crippen molar-refractivity contribution in [2.24, 2.45) is 5.73 Å². The maximum Gasteiger partial charge on any atom is 0.341 e. The lowest BCUT2D eigenvalue weighted by molar-refractivity contribution is -0.114. The minimum atomic E-state index is -1.27. The van der Waals surface area contributed by atoms with E-state index in [0.717, 1.165) is 0 Å². The van der Waals surface area contributed by atoms with Crippen molar-refractivity contribution < 1.29 is 14.7 Å². The Labute approximate surface area is 186 Å². The average Bonchev–Trinajstić information content (AvgIpc) is 3.39. The Kier molecular flexibility index (Phi) is 4.82. The van der Waals surface area contributed by atoms with Gasteiger partial charge in [0, 0.05) is 43.8 Å². The van der Waals surface area contributed by atoms with E-state index in [2.05, 4.69) is 15.6 Å². The number of thioether (sulfide) groups is 1. The van der Waals surface area contributed by atoms with Gasteiger partial charge in [0.2, 0.25) is 11.3 Å². The molecule has 1 amide bonds. The predicted molar refractivity (Wildman–Crippen MR) is 120 cm³/mol. The van der Waals surface area contributed by atoms with Crippen LogP contribution in [0.4, 0.5) is 5.82 Å². The second-order valence-electron chi connectivity index (χ2n) is 7.86. The molecule has 3 aliphatic heterocycles. The van der Waals surface area contributed by atoms with Crippen LogP contribution in [-0.2, 0) is 4.79 Å². The summed E-state index contributed by atoms with van der Waals surface area (Å²) in [6.45, 7) is 3.54. The number of carbonyl (C=O) groups is 2. The summed E-state index contributed by atoms with van der Waals surface area (Å²) in [6, 6.07) is 1.96. The molecular formula is C20H21N7O4S. The molecule has 2 aromatic rings. The normalized spacial score (nSPS) is 20.4. The fourth-order valence-corrected chi connectivity index (χ4v) is 4.81. The van der Waals surface area contributed by atoms with E-state index in [1.807, 2.05) is 16.5 Å². The number of fused-ring (bicyclic) bond motifs is 1. The van der Waals surface area contributed by atoms with Gasteiger partial charge in [-0.15, -0.1) is 0 Å². The summed E-state index contributed by atoms with van der Waals surface area (Å²) in [4.78, 5) is 42.7. The van der Waals surface area contributed by atoms with E-state index in [1.165, 1.54) is 18.0 Å². The molecule has 1 atom stereocenters. The Morgan fingerprint density at radius 3 is 2.75 bits per heavy atom. The molecule has 5 rings (SSSR count). The van der Waals surface area contributed by atoms with Gasteiger partial charge in [-0.05, 0) is 24.0 Å². The van der Waals surface area contributed by atoms with Crippen LogP contribution in [0.2, 0.25) is 0 Å². The summed E-state index contributed by atoms with van der Waals surface area (Å²) in [6.07, 6.45) is 4.86. The number of anilines is 1. The van der Waals surface area contributed by atoms with Crippen LogP contribution in [-0.4, -0.2) is 57.2 Å². The molecule has 1 fully saturated rings. The van der Waals surface area contributed by atoms with Gasteiger partial charge in [0.15, 0.2) is 5.50 Å². The number of aromatic nitrogens is 2. The van der Waals surface area contributed by atoms with Gasteiger partial charge >= 0.3 is 5.97 Å². The molecule has 1 saturated heterocycles. The van der Waals surface area contributed by atoms with Crippen LogP contribution in [0.1, 0.15) is 21.4 Å². The van der Waals surface area contributed by atoms with Crippen LogP contribution >= 0.6 is 11.8 Å². The number of nitrogens with zero attached hydrogens (tertiary/aromatic N) is 4. The molecule has 0 saturated carbocycles. The Morgan fingerprint density at radius 1 is 1.34 bits per heavy atom. The Balaban J connectivity index is 1.49.